The summed E-state index contributed by atoms with van der Waals surface area (Å²) < 4.78 is 0. The SMILES string of the molecule is O=C(Nc1ccc2c(c1)C1C3CCC(C3)C1C(c1ccccc1)N2)C1CC1. The van der Waals surface area contributed by atoms with Gasteiger partial charge in [0.05, 0.1) is 6.04 Å². The van der Waals surface area contributed by atoms with E-state index in [4.69, 9.17) is 0 Å². The summed E-state index contributed by atoms with van der Waals surface area (Å²) in [5, 5.41) is 7.03. The molecule has 3 fully saturated rings. The lowest BCUT2D eigenvalue weighted by Crippen LogP contribution is -2.35. The fraction of sp³-hybridized carbons (Fsp3) is 0.458. The molecule has 138 valence electrons. The van der Waals surface area contributed by atoms with Gasteiger partial charge in [-0.05, 0) is 85.1 Å². The summed E-state index contributed by atoms with van der Waals surface area (Å²) in [6.07, 6.45) is 6.21. The van der Waals surface area contributed by atoms with E-state index in [1.54, 1.807) is 0 Å². The molecule has 1 amide bonds. The predicted molar refractivity (Wildman–Crippen MR) is 108 cm³/mol. The van der Waals surface area contributed by atoms with Gasteiger partial charge in [0.1, 0.15) is 0 Å². The number of nitrogens with one attached hydrogen (secondary N) is 2. The smallest absolute Gasteiger partial charge is 0.227 e. The van der Waals surface area contributed by atoms with Crippen molar-refractivity contribution in [2.75, 3.05) is 10.6 Å². The maximum Gasteiger partial charge on any atom is 0.227 e. The Morgan fingerprint density at radius 3 is 2.59 bits per heavy atom. The van der Waals surface area contributed by atoms with Crippen LogP contribution in [-0.4, -0.2) is 5.91 Å². The molecule has 3 saturated carbocycles. The van der Waals surface area contributed by atoms with Crippen molar-refractivity contribution in [1.29, 1.82) is 0 Å². The Labute approximate surface area is 160 Å². The van der Waals surface area contributed by atoms with Crippen LogP contribution < -0.4 is 10.6 Å². The van der Waals surface area contributed by atoms with Gasteiger partial charge >= 0.3 is 0 Å². The Kier molecular flexibility index (Phi) is 3.41. The fourth-order valence-electron chi connectivity index (χ4n) is 6.14. The molecule has 0 radical (unpaired) electrons. The fourth-order valence-corrected chi connectivity index (χ4v) is 6.14. The number of benzene rings is 2. The van der Waals surface area contributed by atoms with Crippen LogP contribution in [0.15, 0.2) is 48.5 Å². The Balaban J connectivity index is 1.38. The number of carbonyl (C=O) groups is 1. The van der Waals surface area contributed by atoms with Crippen LogP contribution in [0.3, 0.4) is 0 Å². The zero-order valence-electron chi connectivity index (χ0n) is 15.5. The number of hydrogen-bond acceptors (Lipinski definition) is 2. The maximum atomic E-state index is 12.2. The number of amides is 1. The molecule has 0 aromatic heterocycles. The standard InChI is InChI=1S/C24H26N2O/c27-24(15-6-7-15)25-18-10-11-20-19(13-18)21-16-8-9-17(12-16)22(21)23(26-20)14-4-2-1-3-5-14/h1-5,10-11,13,15-17,21-23,26H,6-9,12H2,(H,25,27). The summed E-state index contributed by atoms with van der Waals surface area (Å²) in [5.41, 5.74) is 5.10. The van der Waals surface area contributed by atoms with Gasteiger partial charge < -0.3 is 10.6 Å². The number of rotatable bonds is 3. The number of hydrogen-bond donors (Lipinski definition) is 2. The molecule has 2 aromatic rings. The van der Waals surface area contributed by atoms with Crippen molar-refractivity contribution in [1.82, 2.24) is 0 Å². The van der Waals surface area contributed by atoms with E-state index < -0.39 is 0 Å². The van der Waals surface area contributed by atoms with Crippen LogP contribution in [0, 0.1) is 23.7 Å². The van der Waals surface area contributed by atoms with Gasteiger partial charge in [-0.25, -0.2) is 0 Å². The third kappa shape index (κ3) is 2.51. The molecule has 2 N–H and O–H groups in total. The quantitative estimate of drug-likeness (QED) is 0.778. The molecule has 1 heterocycles. The lowest BCUT2D eigenvalue weighted by molar-refractivity contribution is -0.117. The molecule has 5 atom stereocenters. The third-order valence-electron chi connectivity index (χ3n) is 7.46. The first-order valence-corrected chi connectivity index (χ1v) is 10.5. The van der Waals surface area contributed by atoms with Gasteiger partial charge in [0.15, 0.2) is 0 Å². The molecular formula is C24H26N2O. The zero-order valence-corrected chi connectivity index (χ0v) is 15.5. The first-order valence-electron chi connectivity index (χ1n) is 10.5. The summed E-state index contributed by atoms with van der Waals surface area (Å²) in [6.45, 7) is 0. The van der Waals surface area contributed by atoms with E-state index in [0.717, 1.165) is 30.4 Å². The van der Waals surface area contributed by atoms with Crippen molar-refractivity contribution >= 4 is 17.3 Å². The molecule has 0 spiro atoms. The van der Waals surface area contributed by atoms with Crippen LogP contribution in [0.25, 0.3) is 0 Å². The van der Waals surface area contributed by atoms with Gasteiger partial charge in [-0.1, -0.05) is 30.3 Å². The third-order valence-corrected chi connectivity index (χ3v) is 7.46. The molecule has 6 rings (SSSR count). The first-order chi connectivity index (χ1) is 13.3. The Hall–Kier alpha value is -2.29. The summed E-state index contributed by atoms with van der Waals surface area (Å²) in [4.78, 5) is 12.2. The Morgan fingerprint density at radius 1 is 0.963 bits per heavy atom. The highest BCUT2D eigenvalue weighted by Gasteiger charge is 2.53. The van der Waals surface area contributed by atoms with E-state index in [9.17, 15) is 4.79 Å². The summed E-state index contributed by atoms with van der Waals surface area (Å²) in [7, 11) is 0. The van der Waals surface area contributed by atoms with Gasteiger partial charge in [0, 0.05) is 17.3 Å². The first kappa shape index (κ1) is 15.7. The van der Waals surface area contributed by atoms with Crippen molar-refractivity contribution in [2.24, 2.45) is 23.7 Å². The summed E-state index contributed by atoms with van der Waals surface area (Å²) in [6, 6.07) is 17.9. The van der Waals surface area contributed by atoms with Gasteiger partial charge in [0.25, 0.3) is 0 Å². The minimum Gasteiger partial charge on any atom is -0.378 e. The minimum atomic E-state index is 0.199. The molecule has 0 saturated heterocycles. The molecule has 4 aliphatic rings. The van der Waals surface area contributed by atoms with Gasteiger partial charge in [-0.3, -0.25) is 4.79 Å². The largest absolute Gasteiger partial charge is 0.378 e. The second-order valence-corrected chi connectivity index (χ2v) is 9.03. The lowest BCUT2D eigenvalue weighted by atomic mass is 9.68. The monoisotopic (exact) mass is 358 g/mol. The van der Waals surface area contributed by atoms with E-state index in [0.29, 0.717) is 17.9 Å². The average Bonchev–Trinajstić information content (AvgIpc) is 3.36. The normalized spacial score (nSPS) is 33.1. The number of carbonyl (C=O) groups excluding carboxylic acids is 1. The van der Waals surface area contributed by atoms with Crippen molar-refractivity contribution in [3.05, 3.63) is 59.7 Å². The molecule has 3 nitrogen and oxygen atoms in total. The molecule has 1 aliphatic heterocycles. The van der Waals surface area contributed by atoms with E-state index in [2.05, 4.69) is 59.2 Å². The summed E-state index contributed by atoms with van der Waals surface area (Å²) >= 11 is 0. The molecule has 2 aromatic carbocycles. The minimum absolute atomic E-state index is 0.199. The molecule has 2 bridgehead atoms. The van der Waals surface area contributed by atoms with Crippen molar-refractivity contribution < 1.29 is 4.79 Å². The van der Waals surface area contributed by atoms with Crippen LogP contribution >= 0.6 is 0 Å². The van der Waals surface area contributed by atoms with Crippen LogP contribution in [-0.2, 0) is 4.79 Å². The van der Waals surface area contributed by atoms with Crippen molar-refractivity contribution in [3.8, 4) is 0 Å². The van der Waals surface area contributed by atoms with Gasteiger partial charge in [0.2, 0.25) is 5.91 Å². The molecule has 3 heteroatoms. The average molecular weight is 358 g/mol. The zero-order chi connectivity index (χ0) is 18.0. The highest BCUT2D eigenvalue weighted by Crippen LogP contribution is 2.63. The predicted octanol–water partition coefficient (Wildman–Crippen LogP) is 5.33. The molecular weight excluding hydrogens is 332 g/mol. The van der Waals surface area contributed by atoms with Crippen molar-refractivity contribution in [3.63, 3.8) is 0 Å². The number of fused-ring (bicyclic) bond motifs is 7. The van der Waals surface area contributed by atoms with Crippen LogP contribution in [0.4, 0.5) is 11.4 Å². The van der Waals surface area contributed by atoms with Crippen LogP contribution in [0.5, 0.6) is 0 Å². The van der Waals surface area contributed by atoms with Crippen LogP contribution in [0.2, 0.25) is 0 Å². The highest BCUT2D eigenvalue weighted by atomic mass is 16.2. The molecule has 27 heavy (non-hydrogen) atoms. The van der Waals surface area contributed by atoms with Gasteiger partial charge in [-0.2, -0.15) is 0 Å². The second kappa shape index (κ2) is 5.85. The van der Waals surface area contributed by atoms with E-state index in [1.165, 1.54) is 36.1 Å². The highest BCUT2D eigenvalue weighted by molar-refractivity contribution is 5.94. The van der Waals surface area contributed by atoms with E-state index >= 15 is 0 Å². The van der Waals surface area contributed by atoms with Crippen molar-refractivity contribution in [2.45, 2.75) is 44.1 Å². The Bertz CT molecular complexity index is 889. The Morgan fingerprint density at radius 2 is 1.78 bits per heavy atom. The lowest BCUT2D eigenvalue weighted by Gasteiger charge is -2.43. The second-order valence-electron chi connectivity index (χ2n) is 9.03. The van der Waals surface area contributed by atoms with E-state index in [1.807, 2.05) is 0 Å². The van der Waals surface area contributed by atoms with Gasteiger partial charge in [-0.15, -0.1) is 0 Å². The maximum absolute atomic E-state index is 12.2. The van der Waals surface area contributed by atoms with E-state index in [-0.39, 0.29) is 11.8 Å². The molecule has 5 unspecified atom stereocenters. The number of anilines is 2. The molecule has 3 aliphatic carbocycles. The topological polar surface area (TPSA) is 41.1 Å². The van der Waals surface area contributed by atoms with Crippen LogP contribution in [0.1, 0.15) is 55.2 Å². The summed E-state index contributed by atoms with van der Waals surface area (Å²) in [5.74, 6) is 3.38.